The van der Waals surface area contributed by atoms with Crippen LogP contribution in [0.2, 0.25) is 0 Å². The molecule has 116 valence electrons. The Hall–Kier alpha value is -1.30. The summed E-state index contributed by atoms with van der Waals surface area (Å²) in [4.78, 5) is 26.2. The van der Waals surface area contributed by atoms with Crippen LogP contribution in [0.25, 0.3) is 0 Å². The van der Waals surface area contributed by atoms with Crippen LogP contribution >= 0.6 is 0 Å². The molecule has 2 amide bonds. The third-order valence-corrected chi connectivity index (χ3v) is 3.80. The summed E-state index contributed by atoms with van der Waals surface area (Å²) in [6, 6.07) is 0.487. The van der Waals surface area contributed by atoms with Crippen molar-refractivity contribution in [2.75, 3.05) is 33.2 Å². The van der Waals surface area contributed by atoms with Crippen molar-refractivity contribution < 1.29 is 14.7 Å². The van der Waals surface area contributed by atoms with E-state index in [0.29, 0.717) is 25.7 Å². The number of carboxylic acid groups (broad SMARTS) is 1. The molecular weight excluding hydrogens is 258 g/mol. The number of carbonyl (C=O) groups is 2. The first kappa shape index (κ1) is 16.8. The number of hydrogen-bond acceptors (Lipinski definition) is 3. The van der Waals surface area contributed by atoms with Gasteiger partial charge in [-0.15, -0.1) is 0 Å². The van der Waals surface area contributed by atoms with E-state index >= 15 is 0 Å². The molecule has 6 nitrogen and oxygen atoms in total. The van der Waals surface area contributed by atoms with Crippen LogP contribution in [-0.2, 0) is 4.79 Å². The van der Waals surface area contributed by atoms with Crippen molar-refractivity contribution >= 4 is 12.0 Å². The second-order valence-electron chi connectivity index (χ2n) is 5.88. The minimum Gasteiger partial charge on any atom is -0.481 e. The largest absolute Gasteiger partial charge is 0.481 e. The molecule has 0 aromatic carbocycles. The normalized spacial score (nSPS) is 15.6. The van der Waals surface area contributed by atoms with E-state index in [9.17, 15) is 9.59 Å². The highest BCUT2D eigenvalue weighted by Gasteiger charge is 2.31. The highest BCUT2D eigenvalue weighted by molar-refractivity contribution is 5.75. The minimum atomic E-state index is -0.788. The zero-order chi connectivity index (χ0) is 15.1. The van der Waals surface area contributed by atoms with E-state index in [2.05, 4.69) is 31.1 Å². The van der Waals surface area contributed by atoms with Gasteiger partial charge in [0.15, 0.2) is 0 Å². The Labute approximate surface area is 121 Å². The Morgan fingerprint density at radius 3 is 2.55 bits per heavy atom. The summed E-state index contributed by atoms with van der Waals surface area (Å²) in [6.07, 6.45) is 2.19. The number of urea groups is 1. The van der Waals surface area contributed by atoms with E-state index in [1.807, 2.05) is 0 Å². The smallest absolute Gasteiger partial charge is 0.317 e. The lowest BCUT2D eigenvalue weighted by Gasteiger charge is -2.38. The summed E-state index contributed by atoms with van der Waals surface area (Å²) in [5.41, 5.74) is 0. The van der Waals surface area contributed by atoms with Gasteiger partial charge in [-0.3, -0.25) is 4.79 Å². The molecular formula is C14H27N3O3. The summed E-state index contributed by atoms with van der Waals surface area (Å²) in [6.45, 7) is 7.18. The molecule has 1 fully saturated rings. The molecule has 0 aliphatic carbocycles. The van der Waals surface area contributed by atoms with E-state index in [1.54, 1.807) is 4.90 Å². The van der Waals surface area contributed by atoms with Gasteiger partial charge in [-0.2, -0.15) is 0 Å². The molecule has 1 aliphatic rings. The van der Waals surface area contributed by atoms with Gasteiger partial charge in [0, 0.05) is 31.6 Å². The van der Waals surface area contributed by atoms with Crippen LogP contribution < -0.4 is 5.32 Å². The van der Waals surface area contributed by atoms with Crippen molar-refractivity contribution in [2.45, 2.75) is 39.2 Å². The van der Waals surface area contributed by atoms with Crippen molar-refractivity contribution in [1.82, 2.24) is 15.1 Å². The van der Waals surface area contributed by atoms with Gasteiger partial charge in [-0.25, -0.2) is 4.79 Å². The predicted molar refractivity (Wildman–Crippen MR) is 77.7 cm³/mol. The number of aliphatic carboxylic acids is 1. The molecule has 6 heteroatoms. The van der Waals surface area contributed by atoms with Crippen molar-refractivity contribution in [3.05, 3.63) is 0 Å². The fourth-order valence-electron chi connectivity index (χ4n) is 2.16. The summed E-state index contributed by atoms with van der Waals surface area (Å²) in [7, 11) is 2.10. The van der Waals surface area contributed by atoms with E-state index in [4.69, 9.17) is 5.11 Å². The topological polar surface area (TPSA) is 72.9 Å². The number of nitrogens with one attached hydrogen (secondary N) is 1. The molecule has 1 rings (SSSR count). The van der Waals surface area contributed by atoms with Gasteiger partial charge in [-0.1, -0.05) is 0 Å². The SMILES string of the molecule is CC(C)N(C)CCCCNC(=O)N1CC(CC(=O)O)C1. The quantitative estimate of drug-likeness (QED) is 0.658. The zero-order valence-corrected chi connectivity index (χ0v) is 12.8. The third kappa shape index (κ3) is 5.77. The molecule has 20 heavy (non-hydrogen) atoms. The maximum Gasteiger partial charge on any atom is 0.317 e. The third-order valence-electron chi connectivity index (χ3n) is 3.80. The standard InChI is InChI=1S/C14H27N3O3/c1-11(2)16(3)7-5-4-6-15-14(20)17-9-12(10-17)8-13(18)19/h11-12H,4-10H2,1-3H3,(H,15,20)(H,18,19). The maximum absolute atomic E-state index is 11.7. The highest BCUT2D eigenvalue weighted by Crippen LogP contribution is 2.18. The molecule has 0 bridgehead atoms. The van der Waals surface area contributed by atoms with E-state index < -0.39 is 5.97 Å². The molecule has 0 unspecified atom stereocenters. The Balaban J connectivity index is 2.01. The van der Waals surface area contributed by atoms with Crippen LogP contribution in [0, 0.1) is 5.92 Å². The summed E-state index contributed by atoms with van der Waals surface area (Å²) in [5, 5.41) is 11.5. The fraction of sp³-hybridized carbons (Fsp3) is 0.857. The molecule has 0 atom stereocenters. The molecule has 0 aromatic rings. The van der Waals surface area contributed by atoms with Gasteiger partial charge >= 0.3 is 12.0 Å². The van der Waals surface area contributed by atoms with Crippen molar-refractivity contribution in [3.63, 3.8) is 0 Å². The second kappa shape index (κ2) is 8.09. The van der Waals surface area contributed by atoms with Crippen LogP contribution in [0.4, 0.5) is 4.79 Å². The number of hydrogen-bond donors (Lipinski definition) is 2. The summed E-state index contributed by atoms with van der Waals surface area (Å²) >= 11 is 0. The summed E-state index contributed by atoms with van der Waals surface area (Å²) in [5.74, 6) is -0.665. The predicted octanol–water partition coefficient (Wildman–Crippen LogP) is 1.22. The molecule has 1 saturated heterocycles. The number of likely N-dealkylation sites (tertiary alicyclic amines) is 1. The van der Waals surface area contributed by atoms with Gasteiger partial charge in [0.05, 0.1) is 6.42 Å². The molecule has 0 aromatic heterocycles. The van der Waals surface area contributed by atoms with Gasteiger partial charge in [-0.05, 0) is 40.3 Å². The van der Waals surface area contributed by atoms with Crippen LogP contribution in [-0.4, -0.2) is 66.2 Å². The maximum atomic E-state index is 11.7. The monoisotopic (exact) mass is 285 g/mol. The van der Waals surface area contributed by atoms with Crippen LogP contribution in [0.15, 0.2) is 0 Å². The van der Waals surface area contributed by atoms with Gasteiger partial charge < -0.3 is 20.2 Å². The lowest BCUT2D eigenvalue weighted by molar-refractivity contribution is -0.139. The van der Waals surface area contributed by atoms with Crippen LogP contribution in [0.3, 0.4) is 0 Å². The van der Waals surface area contributed by atoms with Gasteiger partial charge in [0.1, 0.15) is 0 Å². The fourth-order valence-corrected chi connectivity index (χ4v) is 2.16. The number of carboxylic acids is 1. The summed E-state index contributed by atoms with van der Waals surface area (Å²) < 4.78 is 0. The Bertz CT molecular complexity index is 328. The van der Waals surface area contributed by atoms with Crippen molar-refractivity contribution in [1.29, 1.82) is 0 Å². The Morgan fingerprint density at radius 1 is 1.35 bits per heavy atom. The van der Waals surface area contributed by atoms with Gasteiger partial charge in [0.2, 0.25) is 0 Å². The van der Waals surface area contributed by atoms with E-state index in [0.717, 1.165) is 19.4 Å². The molecule has 1 aliphatic heterocycles. The molecule has 0 radical (unpaired) electrons. The highest BCUT2D eigenvalue weighted by atomic mass is 16.4. The Kier molecular flexibility index (Phi) is 6.78. The average Bonchev–Trinajstić information content (AvgIpc) is 2.31. The van der Waals surface area contributed by atoms with E-state index in [-0.39, 0.29) is 18.4 Å². The number of unbranched alkanes of at least 4 members (excludes halogenated alkanes) is 1. The number of amides is 2. The van der Waals surface area contributed by atoms with E-state index in [1.165, 1.54) is 0 Å². The second-order valence-corrected chi connectivity index (χ2v) is 5.88. The Morgan fingerprint density at radius 2 is 2.00 bits per heavy atom. The first-order chi connectivity index (χ1) is 9.40. The molecule has 0 saturated carbocycles. The number of nitrogens with zero attached hydrogens (tertiary/aromatic N) is 2. The lowest BCUT2D eigenvalue weighted by atomic mass is 9.97. The van der Waals surface area contributed by atoms with Crippen molar-refractivity contribution in [2.24, 2.45) is 5.92 Å². The first-order valence-electron chi connectivity index (χ1n) is 7.35. The number of rotatable bonds is 8. The zero-order valence-electron chi connectivity index (χ0n) is 12.8. The molecule has 2 N–H and O–H groups in total. The minimum absolute atomic E-state index is 0.0659. The number of carbonyl (C=O) groups excluding carboxylic acids is 1. The van der Waals surface area contributed by atoms with Crippen LogP contribution in [0.1, 0.15) is 33.1 Å². The molecule has 1 heterocycles. The average molecular weight is 285 g/mol. The van der Waals surface area contributed by atoms with Crippen molar-refractivity contribution in [3.8, 4) is 0 Å². The lowest BCUT2D eigenvalue weighted by Crippen LogP contribution is -2.54. The first-order valence-corrected chi connectivity index (χ1v) is 7.35. The molecule has 0 spiro atoms. The van der Waals surface area contributed by atoms with Gasteiger partial charge in [0.25, 0.3) is 0 Å². The van der Waals surface area contributed by atoms with Crippen LogP contribution in [0.5, 0.6) is 0 Å².